The number of amides is 1. The molecule has 0 spiro atoms. The van der Waals surface area contributed by atoms with E-state index in [2.05, 4.69) is 47.4 Å². The van der Waals surface area contributed by atoms with E-state index in [4.69, 9.17) is 0 Å². The van der Waals surface area contributed by atoms with Crippen molar-refractivity contribution in [2.75, 3.05) is 46.5 Å². The number of hydrogen-bond donors (Lipinski definition) is 0. The van der Waals surface area contributed by atoms with Gasteiger partial charge in [0.15, 0.2) is 0 Å². The molecule has 156 valence electrons. The van der Waals surface area contributed by atoms with Crippen LogP contribution in [-0.4, -0.2) is 73.2 Å². The van der Waals surface area contributed by atoms with E-state index in [0.717, 1.165) is 45.4 Å². The molecule has 0 aliphatic carbocycles. The quantitative estimate of drug-likeness (QED) is 0.644. The van der Waals surface area contributed by atoms with Gasteiger partial charge >= 0.3 is 0 Å². The topological polar surface area (TPSA) is 26.8 Å². The van der Waals surface area contributed by atoms with Crippen LogP contribution in [0.4, 0.5) is 0 Å². The van der Waals surface area contributed by atoms with Crippen molar-refractivity contribution in [2.45, 2.75) is 56.0 Å². The summed E-state index contributed by atoms with van der Waals surface area (Å²) >= 11 is 1.79. The normalized spacial score (nSPS) is 22.3. The van der Waals surface area contributed by atoms with Crippen LogP contribution in [0.3, 0.4) is 0 Å². The Bertz CT molecular complexity index is 613. The number of hydrogen-bond acceptors (Lipinski definition) is 4. The predicted octanol–water partition coefficient (Wildman–Crippen LogP) is 3.95. The SMILES string of the molecule is CSc1ccc(CN2CCC[C@H](CCC(=O)N(C)C3CCN(C)CC3)C2)cc1. The standard InChI is InChI=1S/C23H37N3OS/c1-24-15-12-21(13-16-24)25(2)23(27)11-8-19-5-4-14-26(17-19)18-20-6-9-22(28-3)10-7-20/h6-7,9-10,19,21H,4-5,8,11-18H2,1-3H3/t19-/m1/s1. The lowest BCUT2D eigenvalue weighted by Gasteiger charge is -2.36. The van der Waals surface area contributed by atoms with Crippen LogP contribution in [0.1, 0.15) is 44.1 Å². The van der Waals surface area contributed by atoms with E-state index in [0.29, 0.717) is 24.3 Å². The molecule has 1 aromatic carbocycles. The van der Waals surface area contributed by atoms with E-state index in [1.165, 1.54) is 29.8 Å². The largest absolute Gasteiger partial charge is 0.343 e. The molecule has 5 heteroatoms. The Hall–Kier alpha value is -1.04. The van der Waals surface area contributed by atoms with Gasteiger partial charge in [-0.3, -0.25) is 9.69 Å². The van der Waals surface area contributed by atoms with Gasteiger partial charge in [0.1, 0.15) is 0 Å². The highest BCUT2D eigenvalue weighted by atomic mass is 32.2. The predicted molar refractivity (Wildman–Crippen MR) is 119 cm³/mol. The van der Waals surface area contributed by atoms with Gasteiger partial charge in [-0.05, 0) is 88.7 Å². The number of benzene rings is 1. The molecule has 0 radical (unpaired) electrons. The molecule has 0 unspecified atom stereocenters. The number of piperidine rings is 2. The molecule has 1 amide bonds. The molecule has 0 aromatic heterocycles. The fourth-order valence-corrected chi connectivity index (χ4v) is 5.02. The van der Waals surface area contributed by atoms with Crippen LogP contribution in [0.15, 0.2) is 29.2 Å². The van der Waals surface area contributed by atoms with Crippen molar-refractivity contribution in [1.82, 2.24) is 14.7 Å². The Morgan fingerprint density at radius 2 is 1.86 bits per heavy atom. The van der Waals surface area contributed by atoms with Gasteiger partial charge < -0.3 is 9.80 Å². The van der Waals surface area contributed by atoms with Crippen molar-refractivity contribution in [1.29, 1.82) is 0 Å². The first-order chi connectivity index (χ1) is 13.5. The molecular weight excluding hydrogens is 366 g/mol. The Morgan fingerprint density at radius 3 is 2.54 bits per heavy atom. The zero-order chi connectivity index (χ0) is 19.9. The van der Waals surface area contributed by atoms with Gasteiger partial charge in [0.25, 0.3) is 0 Å². The summed E-state index contributed by atoms with van der Waals surface area (Å²) in [6, 6.07) is 9.40. The van der Waals surface area contributed by atoms with E-state index in [1.807, 2.05) is 11.9 Å². The van der Waals surface area contributed by atoms with Crippen LogP contribution < -0.4 is 0 Å². The third-order valence-corrected chi connectivity index (χ3v) is 7.31. The Balaban J connectivity index is 1.42. The monoisotopic (exact) mass is 403 g/mol. The first-order valence-electron chi connectivity index (χ1n) is 10.8. The first kappa shape index (κ1) is 21.7. The second kappa shape index (κ2) is 10.7. The summed E-state index contributed by atoms with van der Waals surface area (Å²) in [4.78, 5) is 21.0. The molecule has 2 fully saturated rings. The number of rotatable bonds is 7. The van der Waals surface area contributed by atoms with Crippen LogP contribution in [0.5, 0.6) is 0 Å². The third kappa shape index (κ3) is 6.23. The second-order valence-corrected chi connectivity index (χ2v) is 9.55. The number of likely N-dealkylation sites (tertiary alicyclic amines) is 2. The minimum atomic E-state index is 0.347. The van der Waals surface area contributed by atoms with E-state index in [1.54, 1.807) is 11.8 Å². The molecule has 3 rings (SSSR count). The molecule has 2 aliphatic heterocycles. The van der Waals surface area contributed by atoms with Crippen molar-refractivity contribution >= 4 is 17.7 Å². The van der Waals surface area contributed by atoms with Gasteiger partial charge in [0.05, 0.1) is 0 Å². The van der Waals surface area contributed by atoms with Gasteiger partial charge in [-0.25, -0.2) is 0 Å². The minimum absolute atomic E-state index is 0.347. The summed E-state index contributed by atoms with van der Waals surface area (Å²) in [6.07, 6.45) is 8.63. The number of carbonyl (C=O) groups excluding carboxylic acids is 1. The fourth-order valence-electron chi connectivity index (χ4n) is 4.61. The van der Waals surface area contributed by atoms with Gasteiger partial charge in [-0.1, -0.05) is 12.1 Å². The molecule has 1 atom stereocenters. The summed E-state index contributed by atoms with van der Waals surface area (Å²) in [6.45, 7) is 5.57. The zero-order valence-electron chi connectivity index (χ0n) is 17.9. The van der Waals surface area contributed by atoms with Crippen LogP contribution in [0.2, 0.25) is 0 Å². The van der Waals surface area contributed by atoms with Gasteiger partial charge in [-0.15, -0.1) is 11.8 Å². The van der Waals surface area contributed by atoms with E-state index in [9.17, 15) is 4.79 Å². The van der Waals surface area contributed by atoms with E-state index in [-0.39, 0.29) is 0 Å². The first-order valence-corrected chi connectivity index (χ1v) is 12.1. The average Bonchev–Trinajstić information content (AvgIpc) is 2.73. The Labute approximate surface area is 175 Å². The highest BCUT2D eigenvalue weighted by Gasteiger charge is 2.25. The third-order valence-electron chi connectivity index (χ3n) is 6.56. The lowest BCUT2D eigenvalue weighted by molar-refractivity contribution is -0.133. The van der Waals surface area contributed by atoms with Gasteiger partial charge in [0, 0.05) is 37.5 Å². The number of thioether (sulfide) groups is 1. The minimum Gasteiger partial charge on any atom is -0.343 e. The maximum absolute atomic E-state index is 12.7. The lowest BCUT2D eigenvalue weighted by Crippen LogP contribution is -2.44. The molecule has 2 saturated heterocycles. The molecule has 4 nitrogen and oxygen atoms in total. The van der Waals surface area contributed by atoms with Crippen LogP contribution in [0.25, 0.3) is 0 Å². The summed E-state index contributed by atoms with van der Waals surface area (Å²) in [5.41, 5.74) is 1.40. The fraction of sp³-hybridized carbons (Fsp3) is 0.696. The molecule has 2 aliphatic rings. The van der Waals surface area contributed by atoms with Gasteiger partial charge in [0.2, 0.25) is 5.91 Å². The zero-order valence-corrected chi connectivity index (χ0v) is 18.7. The van der Waals surface area contributed by atoms with Crippen molar-refractivity contribution in [3.05, 3.63) is 29.8 Å². The van der Waals surface area contributed by atoms with Crippen molar-refractivity contribution in [2.24, 2.45) is 5.92 Å². The van der Waals surface area contributed by atoms with Crippen LogP contribution >= 0.6 is 11.8 Å². The Morgan fingerprint density at radius 1 is 1.14 bits per heavy atom. The summed E-state index contributed by atoms with van der Waals surface area (Å²) in [7, 11) is 4.19. The number of carbonyl (C=O) groups is 1. The van der Waals surface area contributed by atoms with Crippen molar-refractivity contribution in [3.8, 4) is 0 Å². The van der Waals surface area contributed by atoms with E-state index >= 15 is 0 Å². The van der Waals surface area contributed by atoms with Crippen molar-refractivity contribution in [3.63, 3.8) is 0 Å². The molecular formula is C23H37N3OS. The smallest absolute Gasteiger partial charge is 0.222 e. The number of nitrogens with zero attached hydrogens (tertiary/aromatic N) is 3. The average molecular weight is 404 g/mol. The second-order valence-electron chi connectivity index (χ2n) is 8.67. The molecule has 0 bridgehead atoms. The maximum Gasteiger partial charge on any atom is 0.222 e. The summed E-state index contributed by atoms with van der Waals surface area (Å²) < 4.78 is 0. The highest BCUT2D eigenvalue weighted by molar-refractivity contribution is 7.98. The summed E-state index contributed by atoms with van der Waals surface area (Å²) in [5, 5.41) is 0. The van der Waals surface area contributed by atoms with Crippen molar-refractivity contribution < 1.29 is 4.79 Å². The molecule has 2 heterocycles. The molecule has 28 heavy (non-hydrogen) atoms. The van der Waals surface area contributed by atoms with Gasteiger partial charge in [-0.2, -0.15) is 0 Å². The van der Waals surface area contributed by atoms with Crippen LogP contribution in [0, 0.1) is 5.92 Å². The molecule has 1 aromatic rings. The lowest BCUT2D eigenvalue weighted by atomic mass is 9.92. The van der Waals surface area contributed by atoms with Crippen LogP contribution in [-0.2, 0) is 11.3 Å². The highest BCUT2D eigenvalue weighted by Crippen LogP contribution is 2.24. The molecule has 0 N–H and O–H groups in total. The molecule has 0 saturated carbocycles. The van der Waals surface area contributed by atoms with E-state index < -0.39 is 0 Å². The summed E-state index contributed by atoms with van der Waals surface area (Å²) in [5.74, 6) is 1.01. The maximum atomic E-state index is 12.7. The Kier molecular flexibility index (Phi) is 8.24.